The van der Waals surface area contributed by atoms with Gasteiger partial charge in [-0.1, -0.05) is 179 Å². The van der Waals surface area contributed by atoms with Gasteiger partial charge in [0.25, 0.3) is 0 Å². The molecule has 9 rings (SSSR count). The predicted octanol–water partition coefficient (Wildman–Crippen LogP) is 17.3. The highest BCUT2D eigenvalue weighted by molar-refractivity contribution is 5.98. The summed E-state index contributed by atoms with van der Waals surface area (Å²) in [6, 6.07) is 46.2. The number of nitrogens with zero attached hydrogens (tertiary/aromatic N) is 3. The number of aryl methyl sites for hydroxylation is 1. The third-order valence-electron chi connectivity index (χ3n) is 13.7. The Kier molecular flexibility index (Phi) is 13.3. The molecule has 6 aromatic carbocycles. The van der Waals surface area contributed by atoms with Crippen LogP contribution in [0.4, 0.5) is 0 Å². The second-order valence-electron chi connectivity index (χ2n) is 17.9. The lowest BCUT2D eigenvalue weighted by atomic mass is 9.67. The topological polar surface area (TPSA) is 47.9 Å². The van der Waals surface area contributed by atoms with E-state index in [1.165, 1.54) is 50.1 Å². The van der Waals surface area contributed by atoms with Gasteiger partial charge in [0.2, 0.25) is 0 Å². The lowest BCUT2D eigenvalue weighted by Crippen LogP contribution is -2.28. The van der Waals surface area contributed by atoms with E-state index < -0.39 is 5.41 Å². The molecule has 1 aromatic heterocycles. The minimum atomic E-state index is -0.543. The van der Waals surface area contributed by atoms with Gasteiger partial charge < -0.3 is 4.74 Å². The van der Waals surface area contributed by atoms with Gasteiger partial charge in [-0.3, -0.25) is 0 Å². The smallest absolute Gasteiger partial charge is 0.164 e. The van der Waals surface area contributed by atoms with Crippen molar-refractivity contribution in [3.63, 3.8) is 0 Å². The summed E-state index contributed by atoms with van der Waals surface area (Å²) in [5.41, 5.74) is 18.4. The van der Waals surface area contributed by atoms with Gasteiger partial charge in [-0.05, 0) is 150 Å². The second-order valence-corrected chi connectivity index (χ2v) is 17.9. The molecular formula is C64H61N3O. The first-order valence-electron chi connectivity index (χ1n) is 24.4. The number of allylic oxidation sites excluding steroid dienone is 11. The average molecular weight is 888 g/mol. The maximum atomic E-state index is 6.86. The zero-order valence-electron chi connectivity index (χ0n) is 40.6. The van der Waals surface area contributed by atoms with E-state index in [4.69, 9.17) is 19.7 Å². The first kappa shape index (κ1) is 45.7. The van der Waals surface area contributed by atoms with Gasteiger partial charge in [-0.15, -0.1) is 0 Å². The molecule has 0 aliphatic heterocycles. The standard InChI is InChI=1S/C64H61N3O/c1-9-15-30-51-52-31-20-21-32-56(52)64(55(51)14-6)57-41-47(34-35-53(57)54-36-37-59(43(8)60(54)64)68-58-33-22-19-27-42(58)7)49-38-48(44(23-10-2)24-11-3)39-50(40-49)63-66-61(45(25-12-4)26-13-5)65-62(67-63)46-28-17-16-18-29-46/h10,12-13,15-23,25-41,44H,4,9,11,14,24H2,1-3,5-8H3/b23-10-,26-13-,30-15-,45-25+. The van der Waals surface area contributed by atoms with Gasteiger partial charge >= 0.3 is 0 Å². The SMILES string of the molecule is C=C/C=C(\C=C/C)c1nc(-c2ccccc2)nc(-c2cc(-c3ccc4c(c3)C3(C(CC)=C(/C=C\CC)c5ccccc53)c3c-4ccc(Oc4ccccc4C)c3C)cc(C(/C=C\C)CCC)c2)n1. The van der Waals surface area contributed by atoms with Gasteiger partial charge in [-0.25, -0.2) is 15.0 Å². The molecule has 338 valence electrons. The Balaban J connectivity index is 1.31. The van der Waals surface area contributed by atoms with Crippen molar-refractivity contribution in [3.05, 3.63) is 233 Å². The van der Waals surface area contributed by atoms with Crippen LogP contribution in [-0.4, -0.2) is 15.0 Å². The molecule has 0 N–H and O–H groups in total. The van der Waals surface area contributed by atoms with Crippen LogP contribution < -0.4 is 4.74 Å². The third-order valence-corrected chi connectivity index (χ3v) is 13.7. The van der Waals surface area contributed by atoms with Crippen LogP contribution in [0.1, 0.15) is 111 Å². The van der Waals surface area contributed by atoms with Crippen molar-refractivity contribution in [1.82, 2.24) is 15.0 Å². The molecule has 2 aliphatic rings. The average Bonchev–Trinajstić information content (AvgIpc) is 3.83. The molecule has 4 nitrogen and oxygen atoms in total. The highest BCUT2D eigenvalue weighted by atomic mass is 16.5. The van der Waals surface area contributed by atoms with E-state index in [0.717, 1.165) is 76.1 Å². The van der Waals surface area contributed by atoms with Crippen LogP contribution in [-0.2, 0) is 5.41 Å². The summed E-state index contributed by atoms with van der Waals surface area (Å²) in [4.78, 5) is 15.5. The van der Waals surface area contributed by atoms with Crippen molar-refractivity contribution < 1.29 is 4.74 Å². The maximum Gasteiger partial charge on any atom is 0.164 e. The van der Waals surface area contributed by atoms with Crippen molar-refractivity contribution >= 4 is 11.1 Å². The monoisotopic (exact) mass is 887 g/mol. The lowest BCUT2D eigenvalue weighted by molar-refractivity contribution is 0.473. The fraction of sp³-hybridized carbons (Fsp3) is 0.203. The molecule has 2 unspecified atom stereocenters. The number of benzene rings is 6. The molecule has 4 heteroatoms. The lowest BCUT2D eigenvalue weighted by Gasteiger charge is -2.34. The van der Waals surface area contributed by atoms with Crippen molar-refractivity contribution in [1.29, 1.82) is 0 Å². The first-order valence-corrected chi connectivity index (χ1v) is 24.4. The summed E-state index contributed by atoms with van der Waals surface area (Å²) in [6.45, 7) is 19.3. The van der Waals surface area contributed by atoms with E-state index >= 15 is 0 Å². The van der Waals surface area contributed by atoms with Crippen LogP contribution in [0.15, 0.2) is 188 Å². The quantitative estimate of drug-likeness (QED) is 0.0760. The second kappa shape index (κ2) is 19.8. The van der Waals surface area contributed by atoms with Gasteiger partial charge in [-0.2, -0.15) is 0 Å². The van der Waals surface area contributed by atoms with Gasteiger partial charge in [0.1, 0.15) is 11.5 Å². The Morgan fingerprint density at radius 2 is 1.41 bits per heavy atom. The van der Waals surface area contributed by atoms with Crippen molar-refractivity contribution in [2.75, 3.05) is 0 Å². The molecule has 0 radical (unpaired) electrons. The van der Waals surface area contributed by atoms with Crippen LogP contribution in [0.25, 0.3) is 56.2 Å². The molecule has 2 atom stereocenters. The summed E-state index contributed by atoms with van der Waals surface area (Å²) in [5.74, 6) is 3.82. The molecule has 2 aliphatic carbocycles. The summed E-state index contributed by atoms with van der Waals surface area (Å²) < 4.78 is 6.86. The summed E-state index contributed by atoms with van der Waals surface area (Å²) in [6.07, 6.45) is 20.9. The molecule has 0 saturated carbocycles. The fourth-order valence-corrected chi connectivity index (χ4v) is 10.7. The Morgan fingerprint density at radius 1 is 0.676 bits per heavy atom. The Hall–Kier alpha value is -7.43. The Morgan fingerprint density at radius 3 is 2.15 bits per heavy atom. The molecule has 1 heterocycles. The number of ether oxygens (including phenoxy) is 1. The zero-order valence-corrected chi connectivity index (χ0v) is 40.6. The van der Waals surface area contributed by atoms with E-state index in [-0.39, 0.29) is 5.92 Å². The van der Waals surface area contributed by atoms with Crippen LogP contribution in [0.5, 0.6) is 11.5 Å². The largest absolute Gasteiger partial charge is 0.457 e. The maximum absolute atomic E-state index is 6.86. The Bertz CT molecular complexity index is 3200. The molecule has 0 bridgehead atoms. The minimum absolute atomic E-state index is 0.210. The van der Waals surface area contributed by atoms with Crippen LogP contribution in [0, 0.1) is 13.8 Å². The van der Waals surface area contributed by atoms with Gasteiger partial charge in [0, 0.05) is 22.6 Å². The third kappa shape index (κ3) is 8.12. The normalized spacial score (nSPS) is 15.7. The molecule has 0 saturated heterocycles. The van der Waals surface area contributed by atoms with Gasteiger partial charge in [0.05, 0.1) is 5.41 Å². The van der Waals surface area contributed by atoms with Crippen molar-refractivity contribution in [3.8, 4) is 56.5 Å². The van der Waals surface area contributed by atoms with E-state index in [0.29, 0.717) is 17.5 Å². The minimum Gasteiger partial charge on any atom is -0.457 e. The number of para-hydroxylation sites is 1. The van der Waals surface area contributed by atoms with Crippen LogP contribution in [0.2, 0.25) is 0 Å². The van der Waals surface area contributed by atoms with Crippen molar-refractivity contribution in [2.45, 2.75) is 85.5 Å². The molecular weight excluding hydrogens is 827 g/mol. The fourth-order valence-electron chi connectivity index (χ4n) is 10.7. The Labute approximate surface area is 404 Å². The highest BCUT2D eigenvalue weighted by Gasteiger charge is 2.53. The van der Waals surface area contributed by atoms with E-state index in [1.54, 1.807) is 6.08 Å². The highest BCUT2D eigenvalue weighted by Crippen LogP contribution is 2.64. The zero-order chi connectivity index (χ0) is 47.4. The van der Waals surface area contributed by atoms with Crippen molar-refractivity contribution in [2.24, 2.45) is 0 Å². The number of aromatic nitrogens is 3. The van der Waals surface area contributed by atoms with E-state index in [9.17, 15) is 0 Å². The summed E-state index contributed by atoms with van der Waals surface area (Å²) in [7, 11) is 0. The molecule has 1 spiro atoms. The molecule has 7 aromatic rings. The molecule has 68 heavy (non-hydrogen) atoms. The van der Waals surface area contributed by atoms with E-state index in [1.807, 2.05) is 49.4 Å². The number of hydrogen-bond acceptors (Lipinski definition) is 4. The number of hydrogen-bond donors (Lipinski definition) is 0. The molecule has 0 fully saturated rings. The summed E-state index contributed by atoms with van der Waals surface area (Å²) >= 11 is 0. The first-order chi connectivity index (χ1) is 33.3. The van der Waals surface area contributed by atoms with Crippen LogP contribution >= 0.6 is 0 Å². The number of rotatable bonds is 15. The predicted molar refractivity (Wildman–Crippen MR) is 286 cm³/mol. The van der Waals surface area contributed by atoms with Crippen LogP contribution in [0.3, 0.4) is 0 Å². The number of fused-ring (bicyclic) bond motifs is 7. The summed E-state index contributed by atoms with van der Waals surface area (Å²) in [5, 5.41) is 0. The molecule has 0 amide bonds. The van der Waals surface area contributed by atoms with E-state index in [2.05, 4.69) is 176 Å². The van der Waals surface area contributed by atoms with Gasteiger partial charge in [0.15, 0.2) is 17.5 Å².